The van der Waals surface area contributed by atoms with Gasteiger partial charge in [0.1, 0.15) is 23.0 Å². The van der Waals surface area contributed by atoms with E-state index < -0.39 is 6.10 Å². The largest absolute Gasteiger partial charge is 0.508 e. The molecule has 198 valence electrons. The van der Waals surface area contributed by atoms with Crippen LogP contribution in [0.2, 0.25) is 0 Å². The maximum Gasteiger partial charge on any atom is 0.224 e. The van der Waals surface area contributed by atoms with Gasteiger partial charge in [-0.3, -0.25) is 4.79 Å². The molecule has 3 aromatic rings. The van der Waals surface area contributed by atoms with Crippen molar-refractivity contribution in [2.45, 2.75) is 44.9 Å². The summed E-state index contributed by atoms with van der Waals surface area (Å²) in [6.45, 7) is 4.66. The number of methoxy groups -OCH3 is 2. The van der Waals surface area contributed by atoms with Crippen LogP contribution in [-0.4, -0.2) is 47.5 Å². The minimum Gasteiger partial charge on any atom is -0.508 e. The number of ether oxygens (including phenoxy) is 2. The molecule has 0 aliphatic rings. The van der Waals surface area contributed by atoms with Crippen molar-refractivity contribution in [2.75, 3.05) is 20.8 Å². The van der Waals surface area contributed by atoms with E-state index in [0.717, 1.165) is 16.7 Å². The maximum atomic E-state index is 12.6. The molecule has 0 aliphatic carbocycles. The number of phenolic OH excluding ortho intramolecular Hbond substituents is 2. The Bertz CT molecular complexity index is 1170. The Morgan fingerprint density at radius 1 is 0.892 bits per heavy atom. The zero-order valence-corrected chi connectivity index (χ0v) is 21.7. The molecule has 0 fully saturated rings. The SMILES string of the molecule is COc1cc(CNC(=O)Cc2cccc(CC(C)(C)NCC(O)c3cc(O)cc(O)c3)c2)cc(OC)c1. The molecule has 0 radical (unpaired) electrons. The predicted octanol–water partition coefficient (Wildman–Crippen LogP) is 3.62. The lowest BCUT2D eigenvalue weighted by Gasteiger charge is -2.28. The first-order chi connectivity index (χ1) is 17.6. The van der Waals surface area contributed by atoms with Crippen LogP contribution in [0.5, 0.6) is 23.0 Å². The van der Waals surface area contributed by atoms with Crippen LogP contribution in [0.25, 0.3) is 0 Å². The summed E-state index contributed by atoms with van der Waals surface area (Å²) in [7, 11) is 3.17. The molecule has 5 N–H and O–H groups in total. The highest BCUT2D eigenvalue weighted by Crippen LogP contribution is 2.25. The fraction of sp³-hybridized carbons (Fsp3) is 0.345. The quantitative estimate of drug-likeness (QED) is 0.253. The second-order valence-corrected chi connectivity index (χ2v) is 9.73. The number of phenols is 2. The molecule has 8 nitrogen and oxygen atoms in total. The minimum atomic E-state index is -0.892. The second-order valence-electron chi connectivity index (χ2n) is 9.73. The molecule has 0 heterocycles. The molecule has 1 atom stereocenters. The summed E-state index contributed by atoms with van der Waals surface area (Å²) in [6.07, 6.45) is 0.0314. The van der Waals surface area contributed by atoms with E-state index in [4.69, 9.17) is 9.47 Å². The number of benzene rings is 3. The van der Waals surface area contributed by atoms with Crippen LogP contribution in [-0.2, 0) is 24.2 Å². The van der Waals surface area contributed by atoms with Crippen LogP contribution in [0.15, 0.2) is 60.7 Å². The van der Waals surface area contributed by atoms with Gasteiger partial charge in [0.2, 0.25) is 5.91 Å². The van der Waals surface area contributed by atoms with Gasteiger partial charge in [0.05, 0.1) is 26.7 Å². The lowest BCUT2D eigenvalue weighted by atomic mass is 9.93. The number of aliphatic hydroxyl groups excluding tert-OH is 1. The third kappa shape index (κ3) is 8.70. The van der Waals surface area contributed by atoms with Gasteiger partial charge < -0.3 is 35.4 Å². The van der Waals surface area contributed by atoms with Crippen LogP contribution in [0, 0.1) is 0 Å². The molecule has 0 spiro atoms. The standard InChI is InChI=1S/C29H36N2O6/c1-29(2,31-18-27(34)22-12-23(32)14-24(33)13-22)16-20-7-5-6-19(8-20)11-28(35)30-17-21-9-25(36-3)15-26(10-21)37-4/h5-10,12-15,27,31-34H,11,16-18H2,1-4H3,(H,30,35). The molecule has 1 amide bonds. The minimum absolute atomic E-state index is 0.0891. The van der Waals surface area contributed by atoms with Gasteiger partial charge in [0, 0.05) is 30.8 Å². The Labute approximate surface area is 217 Å². The Hall–Kier alpha value is -3.75. The molecule has 0 aliphatic heterocycles. The van der Waals surface area contributed by atoms with Crippen molar-refractivity contribution in [1.82, 2.24) is 10.6 Å². The third-order valence-electron chi connectivity index (χ3n) is 5.99. The number of β-amino-alcohol motifs (C(OH)–C–C–N with tert-alkyl or cyclic N) is 1. The Kier molecular flexibility index (Phi) is 9.38. The number of hydrogen-bond donors (Lipinski definition) is 5. The Balaban J connectivity index is 1.54. The summed E-state index contributed by atoms with van der Waals surface area (Å²) in [5.74, 6) is 1.05. The van der Waals surface area contributed by atoms with Crippen LogP contribution in [0.1, 0.15) is 42.2 Å². The number of hydrogen-bond acceptors (Lipinski definition) is 7. The van der Waals surface area contributed by atoms with Crippen molar-refractivity contribution >= 4 is 5.91 Å². The fourth-order valence-electron chi connectivity index (χ4n) is 4.14. The summed E-state index contributed by atoms with van der Waals surface area (Å²) in [4.78, 5) is 12.6. The number of carbonyl (C=O) groups excluding carboxylic acids is 1. The van der Waals surface area contributed by atoms with E-state index in [2.05, 4.69) is 10.6 Å². The first-order valence-electron chi connectivity index (χ1n) is 12.1. The van der Waals surface area contributed by atoms with E-state index in [0.29, 0.717) is 30.0 Å². The van der Waals surface area contributed by atoms with Crippen molar-refractivity contribution < 1.29 is 29.6 Å². The van der Waals surface area contributed by atoms with Gasteiger partial charge in [0.15, 0.2) is 0 Å². The average Bonchev–Trinajstić information content (AvgIpc) is 2.85. The summed E-state index contributed by atoms with van der Waals surface area (Å²) in [6, 6.07) is 17.5. The summed E-state index contributed by atoms with van der Waals surface area (Å²) in [5.41, 5.74) is 2.93. The van der Waals surface area contributed by atoms with E-state index in [1.165, 1.54) is 18.2 Å². The van der Waals surface area contributed by atoms with Crippen molar-refractivity contribution in [2.24, 2.45) is 0 Å². The molecule has 3 aromatic carbocycles. The van der Waals surface area contributed by atoms with Gasteiger partial charge in [-0.2, -0.15) is 0 Å². The Morgan fingerprint density at radius 3 is 2.14 bits per heavy atom. The van der Waals surface area contributed by atoms with E-state index in [9.17, 15) is 20.1 Å². The van der Waals surface area contributed by atoms with Gasteiger partial charge in [0.25, 0.3) is 0 Å². The molecule has 0 bridgehead atoms. The molecule has 1 unspecified atom stereocenters. The topological polar surface area (TPSA) is 120 Å². The molecule has 0 saturated carbocycles. The molecule has 37 heavy (non-hydrogen) atoms. The number of aromatic hydroxyl groups is 2. The van der Waals surface area contributed by atoms with Gasteiger partial charge in [-0.25, -0.2) is 0 Å². The average molecular weight is 509 g/mol. The summed E-state index contributed by atoms with van der Waals surface area (Å²) < 4.78 is 10.6. The smallest absolute Gasteiger partial charge is 0.224 e. The van der Waals surface area contributed by atoms with Gasteiger partial charge in [-0.05, 0) is 66.8 Å². The highest BCUT2D eigenvalue weighted by molar-refractivity contribution is 5.78. The van der Waals surface area contributed by atoms with E-state index in [1.807, 2.05) is 50.2 Å². The first kappa shape index (κ1) is 27.8. The molecule has 8 heteroatoms. The number of amides is 1. The van der Waals surface area contributed by atoms with E-state index in [1.54, 1.807) is 20.3 Å². The highest BCUT2D eigenvalue weighted by atomic mass is 16.5. The van der Waals surface area contributed by atoms with Crippen molar-refractivity contribution in [3.05, 3.63) is 82.9 Å². The number of aliphatic hydroxyl groups is 1. The van der Waals surface area contributed by atoms with E-state index >= 15 is 0 Å². The lowest BCUT2D eigenvalue weighted by Crippen LogP contribution is -2.43. The van der Waals surface area contributed by atoms with Crippen LogP contribution in [0.4, 0.5) is 0 Å². The zero-order valence-electron chi connectivity index (χ0n) is 21.7. The van der Waals surface area contributed by atoms with Gasteiger partial charge in [-0.1, -0.05) is 24.3 Å². The van der Waals surface area contributed by atoms with Crippen molar-refractivity contribution in [3.8, 4) is 23.0 Å². The van der Waals surface area contributed by atoms with E-state index in [-0.39, 0.29) is 35.9 Å². The third-order valence-corrected chi connectivity index (χ3v) is 5.99. The van der Waals surface area contributed by atoms with Crippen LogP contribution < -0.4 is 20.1 Å². The van der Waals surface area contributed by atoms with Crippen LogP contribution in [0.3, 0.4) is 0 Å². The molecule has 3 rings (SSSR count). The monoisotopic (exact) mass is 508 g/mol. The van der Waals surface area contributed by atoms with Crippen molar-refractivity contribution in [1.29, 1.82) is 0 Å². The Morgan fingerprint density at radius 2 is 1.51 bits per heavy atom. The van der Waals surface area contributed by atoms with Gasteiger partial charge >= 0.3 is 0 Å². The van der Waals surface area contributed by atoms with Crippen molar-refractivity contribution in [3.63, 3.8) is 0 Å². The molecule has 0 saturated heterocycles. The highest BCUT2D eigenvalue weighted by Gasteiger charge is 2.21. The molecule has 0 aromatic heterocycles. The maximum absolute atomic E-state index is 12.6. The summed E-state index contributed by atoms with van der Waals surface area (Å²) in [5, 5.41) is 36.1. The summed E-state index contributed by atoms with van der Waals surface area (Å²) >= 11 is 0. The second kappa shape index (κ2) is 12.5. The molecular formula is C29H36N2O6. The van der Waals surface area contributed by atoms with Gasteiger partial charge in [-0.15, -0.1) is 0 Å². The zero-order chi connectivity index (χ0) is 27.0. The molecular weight excluding hydrogens is 472 g/mol. The number of nitrogens with one attached hydrogen (secondary N) is 2. The van der Waals surface area contributed by atoms with Crippen LogP contribution >= 0.6 is 0 Å². The fourth-order valence-corrected chi connectivity index (χ4v) is 4.14. The normalized spacial score (nSPS) is 12.1. The first-order valence-corrected chi connectivity index (χ1v) is 12.1. The number of carbonyl (C=O) groups is 1. The predicted molar refractivity (Wildman–Crippen MR) is 142 cm³/mol. The number of rotatable bonds is 12. The lowest BCUT2D eigenvalue weighted by molar-refractivity contribution is -0.120.